The third kappa shape index (κ3) is 4.05. The van der Waals surface area contributed by atoms with E-state index < -0.39 is 4.92 Å². The van der Waals surface area contributed by atoms with Gasteiger partial charge in [-0.3, -0.25) is 15.5 Å². The molecular formula is C16H17N3O3. The molecular weight excluding hydrogens is 282 g/mol. The van der Waals surface area contributed by atoms with Crippen molar-refractivity contribution in [1.29, 1.82) is 0 Å². The zero-order chi connectivity index (χ0) is 15.9. The molecule has 0 amide bonds. The molecule has 114 valence electrons. The molecule has 6 heteroatoms. The van der Waals surface area contributed by atoms with E-state index in [1.165, 1.54) is 12.3 Å². The van der Waals surface area contributed by atoms with Crippen molar-refractivity contribution in [3.8, 4) is 5.75 Å². The molecule has 0 saturated carbocycles. The molecule has 0 heterocycles. The zero-order valence-corrected chi connectivity index (χ0v) is 12.4. The number of hydrogen-bond acceptors (Lipinski definition) is 5. The van der Waals surface area contributed by atoms with Crippen molar-refractivity contribution >= 4 is 17.6 Å². The van der Waals surface area contributed by atoms with E-state index in [9.17, 15) is 10.1 Å². The number of benzene rings is 2. The van der Waals surface area contributed by atoms with Gasteiger partial charge in [-0.05, 0) is 38.1 Å². The highest BCUT2D eigenvalue weighted by Gasteiger charge is 2.14. The molecule has 2 aromatic carbocycles. The van der Waals surface area contributed by atoms with Crippen LogP contribution in [-0.2, 0) is 0 Å². The lowest BCUT2D eigenvalue weighted by Crippen LogP contribution is -1.99. The minimum absolute atomic E-state index is 0.0684. The standard InChI is InChI=1S/C16H17N3O3/c1-3-22-16-9-6-13(10-15(16)19(20)21)11-17-18-14-7-4-12(2)5-8-14/h4-11,18H,3H2,1-2H3/b17-11+. The highest BCUT2D eigenvalue weighted by atomic mass is 16.6. The van der Waals surface area contributed by atoms with Crippen LogP contribution in [0.2, 0.25) is 0 Å². The minimum atomic E-state index is -0.463. The Morgan fingerprint density at radius 1 is 1.27 bits per heavy atom. The second-order valence-corrected chi connectivity index (χ2v) is 4.65. The lowest BCUT2D eigenvalue weighted by atomic mass is 10.2. The van der Waals surface area contributed by atoms with Crippen molar-refractivity contribution in [2.75, 3.05) is 12.0 Å². The van der Waals surface area contributed by atoms with Crippen molar-refractivity contribution in [3.63, 3.8) is 0 Å². The molecule has 0 unspecified atom stereocenters. The minimum Gasteiger partial charge on any atom is -0.487 e. The molecule has 22 heavy (non-hydrogen) atoms. The second kappa shape index (κ2) is 7.21. The first kappa shape index (κ1) is 15.5. The number of aryl methyl sites for hydroxylation is 1. The molecule has 0 spiro atoms. The quantitative estimate of drug-likeness (QED) is 0.500. The normalized spacial score (nSPS) is 10.6. The van der Waals surface area contributed by atoms with Crippen LogP contribution in [0.3, 0.4) is 0 Å². The predicted octanol–water partition coefficient (Wildman–Crippen LogP) is 3.75. The van der Waals surface area contributed by atoms with Gasteiger partial charge in [0.25, 0.3) is 0 Å². The van der Waals surface area contributed by atoms with Crippen LogP contribution in [0, 0.1) is 17.0 Å². The molecule has 0 aliphatic rings. The van der Waals surface area contributed by atoms with Gasteiger partial charge in [0.1, 0.15) is 0 Å². The molecule has 0 saturated heterocycles. The van der Waals surface area contributed by atoms with E-state index >= 15 is 0 Å². The van der Waals surface area contributed by atoms with Crippen LogP contribution in [0.25, 0.3) is 0 Å². The molecule has 0 aliphatic heterocycles. The monoisotopic (exact) mass is 299 g/mol. The number of hydrazone groups is 1. The SMILES string of the molecule is CCOc1ccc(/C=N/Nc2ccc(C)cc2)cc1[N+](=O)[O-]. The van der Waals surface area contributed by atoms with Crippen molar-refractivity contribution in [1.82, 2.24) is 0 Å². The van der Waals surface area contributed by atoms with E-state index in [0.29, 0.717) is 12.2 Å². The highest BCUT2D eigenvalue weighted by Crippen LogP contribution is 2.27. The summed E-state index contributed by atoms with van der Waals surface area (Å²) in [5.74, 6) is 0.260. The molecule has 0 atom stereocenters. The van der Waals surface area contributed by atoms with Crippen molar-refractivity contribution in [2.45, 2.75) is 13.8 Å². The molecule has 1 N–H and O–H groups in total. The number of ether oxygens (including phenoxy) is 1. The Hall–Kier alpha value is -2.89. The van der Waals surface area contributed by atoms with E-state index in [1.807, 2.05) is 31.2 Å². The van der Waals surface area contributed by atoms with E-state index in [0.717, 1.165) is 11.3 Å². The first-order chi connectivity index (χ1) is 10.6. The first-order valence-electron chi connectivity index (χ1n) is 6.87. The van der Waals surface area contributed by atoms with Gasteiger partial charge in [-0.2, -0.15) is 5.10 Å². The van der Waals surface area contributed by atoms with Crippen LogP contribution < -0.4 is 10.2 Å². The lowest BCUT2D eigenvalue weighted by Gasteiger charge is -2.04. The summed E-state index contributed by atoms with van der Waals surface area (Å²) in [5, 5.41) is 15.1. The zero-order valence-electron chi connectivity index (χ0n) is 12.4. The number of nitro groups is 1. The Morgan fingerprint density at radius 3 is 2.64 bits per heavy atom. The Morgan fingerprint density at radius 2 is 2.00 bits per heavy atom. The van der Waals surface area contributed by atoms with Gasteiger partial charge in [-0.1, -0.05) is 17.7 Å². The van der Waals surface area contributed by atoms with Gasteiger partial charge >= 0.3 is 5.69 Å². The fourth-order valence-corrected chi connectivity index (χ4v) is 1.84. The third-order valence-corrected chi connectivity index (χ3v) is 2.94. The maximum atomic E-state index is 11.0. The maximum Gasteiger partial charge on any atom is 0.311 e. The summed E-state index contributed by atoms with van der Waals surface area (Å²) in [7, 11) is 0. The summed E-state index contributed by atoms with van der Waals surface area (Å²) in [4.78, 5) is 10.6. The summed E-state index contributed by atoms with van der Waals surface area (Å²) < 4.78 is 5.24. The first-order valence-corrected chi connectivity index (χ1v) is 6.87. The Kier molecular flexibility index (Phi) is 5.08. The van der Waals surface area contributed by atoms with E-state index in [4.69, 9.17) is 4.74 Å². The van der Waals surface area contributed by atoms with E-state index in [2.05, 4.69) is 10.5 Å². The highest BCUT2D eigenvalue weighted by molar-refractivity contribution is 5.82. The van der Waals surface area contributed by atoms with E-state index in [-0.39, 0.29) is 11.4 Å². The number of rotatable bonds is 6. The summed E-state index contributed by atoms with van der Waals surface area (Å²) in [6, 6.07) is 12.5. The van der Waals surface area contributed by atoms with Crippen molar-refractivity contribution < 1.29 is 9.66 Å². The molecule has 2 rings (SSSR count). The van der Waals surface area contributed by atoms with Crippen LogP contribution in [0.4, 0.5) is 11.4 Å². The van der Waals surface area contributed by atoms with E-state index in [1.54, 1.807) is 19.1 Å². The van der Waals surface area contributed by atoms with Gasteiger partial charge in [0.2, 0.25) is 0 Å². The van der Waals surface area contributed by atoms with Crippen LogP contribution in [-0.4, -0.2) is 17.7 Å². The fraction of sp³-hybridized carbons (Fsp3) is 0.188. The smallest absolute Gasteiger partial charge is 0.311 e. The average Bonchev–Trinajstić information content (AvgIpc) is 2.50. The Balaban J connectivity index is 2.12. The van der Waals surface area contributed by atoms with Gasteiger partial charge in [-0.15, -0.1) is 0 Å². The summed E-state index contributed by atoms with van der Waals surface area (Å²) in [6.45, 7) is 4.17. The molecule has 6 nitrogen and oxygen atoms in total. The summed E-state index contributed by atoms with van der Waals surface area (Å²) >= 11 is 0. The Labute approximate surface area is 128 Å². The van der Waals surface area contributed by atoms with Gasteiger partial charge in [0, 0.05) is 11.6 Å². The summed E-state index contributed by atoms with van der Waals surface area (Å²) in [6.07, 6.45) is 1.53. The molecule has 0 radical (unpaired) electrons. The largest absolute Gasteiger partial charge is 0.487 e. The molecule has 0 aromatic heterocycles. The number of anilines is 1. The maximum absolute atomic E-state index is 11.0. The molecule has 0 bridgehead atoms. The topological polar surface area (TPSA) is 76.8 Å². The number of hydrogen-bond donors (Lipinski definition) is 1. The number of nitrogens with zero attached hydrogens (tertiary/aromatic N) is 2. The Bertz CT molecular complexity index is 682. The predicted molar refractivity (Wildman–Crippen MR) is 86.7 cm³/mol. The lowest BCUT2D eigenvalue weighted by molar-refractivity contribution is -0.385. The second-order valence-electron chi connectivity index (χ2n) is 4.65. The van der Waals surface area contributed by atoms with Crippen LogP contribution in [0.1, 0.15) is 18.1 Å². The third-order valence-electron chi connectivity index (χ3n) is 2.94. The van der Waals surface area contributed by atoms with Gasteiger partial charge < -0.3 is 4.74 Å². The molecule has 0 aliphatic carbocycles. The van der Waals surface area contributed by atoms with Crippen LogP contribution >= 0.6 is 0 Å². The molecule has 2 aromatic rings. The number of nitro benzene ring substituents is 1. The fourth-order valence-electron chi connectivity index (χ4n) is 1.84. The average molecular weight is 299 g/mol. The van der Waals surface area contributed by atoms with Crippen molar-refractivity contribution in [2.24, 2.45) is 5.10 Å². The van der Waals surface area contributed by atoms with Gasteiger partial charge in [-0.25, -0.2) is 0 Å². The van der Waals surface area contributed by atoms with Crippen LogP contribution in [0.5, 0.6) is 5.75 Å². The van der Waals surface area contributed by atoms with Gasteiger partial charge in [0.15, 0.2) is 5.75 Å². The summed E-state index contributed by atoms with van der Waals surface area (Å²) in [5.41, 5.74) is 5.44. The van der Waals surface area contributed by atoms with Crippen molar-refractivity contribution in [3.05, 3.63) is 63.7 Å². The van der Waals surface area contributed by atoms with Crippen LogP contribution in [0.15, 0.2) is 47.6 Å². The molecule has 0 fully saturated rings. The van der Waals surface area contributed by atoms with Gasteiger partial charge in [0.05, 0.1) is 23.4 Å². The number of nitrogens with one attached hydrogen (secondary N) is 1.